The molecule has 2 heterocycles. The number of fused-ring (bicyclic) bond motifs is 2. The second-order valence-corrected chi connectivity index (χ2v) is 9.11. The number of nitrogens with zero attached hydrogens (tertiary/aromatic N) is 1. The molecule has 3 aliphatic rings. The number of piperidine rings is 1. The maximum Gasteiger partial charge on any atom is 0.129 e. The van der Waals surface area contributed by atoms with Crippen molar-refractivity contribution in [2.45, 2.75) is 56.3 Å². The van der Waals surface area contributed by atoms with Crippen molar-refractivity contribution in [2.24, 2.45) is 0 Å². The molecule has 1 saturated heterocycles. The van der Waals surface area contributed by atoms with Crippen LogP contribution in [0, 0.1) is 0 Å². The van der Waals surface area contributed by atoms with Gasteiger partial charge in [-0.25, -0.2) is 0 Å². The van der Waals surface area contributed by atoms with Gasteiger partial charge in [-0.2, -0.15) is 0 Å². The summed E-state index contributed by atoms with van der Waals surface area (Å²) in [4.78, 5) is 2.32. The lowest BCUT2D eigenvalue weighted by Gasteiger charge is -2.46. The van der Waals surface area contributed by atoms with Crippen molar-refractivity contribution in [3.63, 3.8) is 0 Å². The van der Waals surface area contributed by atoms with Crippen molar-refractivity contribution in [3.05, 3.63) is 58.7 Å². The van der Waals surface area contributed by atoms with Gasteiger partial charge in [-0.1, -0.05) is 18.2 Å². The molecule has 0 bridgehead atoms. The van der Waals surface area contributed by atoms with Gasteiger partial charge < -0.3 is 24.6 Å². The van der Waals surface area contributed by atoms with Gasteiger partial charge in [0.25, 0.3) is 0 Å². The molecule has 2 aromatic rings. The number of hydrogen-bond donors (Lipinski definition) is 2. The molecule has 30 heavy (non-hydrogen) atoms. The summed E-state index contributed by atoms with van der Waals surface area (Å²) in [5, 5.41) is 21.5. The van der Waals surface area contributed by atoms with Crippen molar-refractivity contribution >= 4 is 0 Å². The van der Waals surface area contributed by atoms with Crippen molar-refractivity contribution in [1.29, 1.82) is 0 Å². The lowest BCUT2D eigenvalue weighted by atomic mass is 9.81. The highest BCUT2D eigenvalue weighted by Crippen LogP contribution is 2.45. The van der Waals surface area contributed by atoms with E-state index < -0.39 is 12.2 Å². The van der Waals surface area contributed by atoms with Gasteiger partial charge in [-0.3, -0.25) is 0 Å². The van der Waals surface area contributed by atoms with Crippen molar-refractivity contribution in [2.75, 3.05) is 26.7 Å². The van der Waals surface area contributed by atoms with E-state index >= 15 is 0 Å². The van der Waals surface area contributed by atoms with Crippen LogP contribution in [0.25, 0.3) is 0 Å². The Morgan fingerprint density at radius 3 is 2.73 bits per heavy atom. The zero-order valence-corrected chi connectivity index (χ0v) is 17.6. The summed E-state index contributed by atoms with van der Waals surface area (Å²) in [6, 6.07) is 12.1. The molecule has 1 fully saturated rings. The number of hydrogen-bond acceptors (Lipinski definition) is 5. The molecular formula is C25H31NO4. The second-order valence-electron chi connectivity index (χ2n) is 9.11. The average Bonchev–Trinajstić information content (AvgIpc) is 3.23. The monoisotopic (exact) mass is 409 g/mol. The van der Waals surface area contributed by atoms with Crippen LogP contribution in [0.15, 0.2) is 36.4 Å². The first-order chi connectivity index (χ1) is 14.5. The van der Waals surface area contributed by atoms with E-state index in [9.17, 15) is 10.2 Å². The minimum atomic E-state index is -0.511. The first kappa shape index (κ1) is 19.9. The smallest absolute Gasteiger partial charge is 0.129 e. The molecule has 1 spiro atoms. The van der Waals surface area contributed by atoms with E-state index in [-0.39, 0.29) is 5.60 Å². The zero-order valence-electron chi connectivity index (χ0n) is 17.6. The summed E-state index contributed by atoms with van der Waals surface area (Å²) in [6.45, 7) is 2.35. The van der Waals surface area contributed by atoms with Crippen molar-refractivity contribution in [3.8, 4) is 11.5 Å². The standard InChI is InChI=1S/C25H31NO4/c1-29-20-7-8-21-22(27)15-25(30-24(21)14-20)9-11-26(12-10-25)16-23(28)19-6-5-17-3-2-4-18(17)13-19/h5-8,13-14,22-23,27-28H,2-4,9-12,15-16H2,1H3/t22-,23-/m0/s1. The van der Waals surface area contributed by atoms with E-state index in [0.717, 1.165) is 55.0 Å². The van der Waals surface area contributed by atoms with Crippen LogP contribution in [-0.4, -0.2) is 47.5 Å². The van der Waals surface area contributed by atoms with Gasteiger partial charge in [0, 0.05) is 37.7 Å². The summed E-state index contributed by atoms with van der Waals surface area (Å²) >= 11 is 0. The van der Waals surface area contributed by atoms with Gasteiger partial charge in [0.15, 0.2) is 0 Å². The molecule has 2 aliphatic heterocycles. The van der Waals surface area contributed by atoms with Crippen LogP contribution in [0.5, 0.6) is 11.5 Å². The number of aliphatic hydroxyl groups excluding tert-OH is 2. The summed E-state index contributed by atoms with van der Waals surface area (Å²) in [5.74, 6) is 1.48. The van der Waals surface area contributed by atoms with Gasteiger partial charge in [0.2, 0.25) is 0 Å². The fourth-order valence-corrected chi connectivity index (χ4v) is 5.34. The van der Waals surface area contributed by atoms with Crippen LogP contribution in [0.3, 0.4) is 0 Å². The van der Waals surface area contributed by atoms with Gasteiger partial charge in [0.05, 0.1) is 19.3 Å². The van der Waals surface area contributed by atoms with E-state index in [1.807, 2.05) is 18.2 Å². The summed E-state index contributed by atoms with van der Waals surface area (Å²) in [6.07, 6.45) is 4.86. The van der Waals surface area contributed by atoms with Crippen LogP contribution in [0.2, 0.25) is 0 Å². The molecule has 160 valence electrons. The molecule has 5 rings (SSSR count). The van der Waals surface area contributed by atoms with E-state index in [0.29, 0.717) is 13.0 Å². The molecule has 0 aromatic heterocycles. The number of benzene rings is 2. The lowest BCUT2D eigenvalue weighted by Crippen LogP contribution is -2.51. The van der Waals surface area contributed by atoms with E-state index in [1.54, 1.807) is 7.11 Å². The molecule has 5 nitrogen and oxygen atoms in total. The molecule has 0 saturated carbocycles. The topological polar surface area (TPSA) is 62.2 Å². The van der Waals surface area contributed by atoms with Gasteiger partial charge in [-0.15, -0.1) is 0 Å². The van der Waals surface area contributed by atoms with Crippen molar-refractivity contribution in [1.82, 2.24) is 4.90 Å². The number of ether oxygens (including phenoxy) is 2. The highest BCUT2D eigenvalue weighted by atomic mass is 16.5. The first-order valence-electron chi connectivity index (χ1n) is 11.1. The SMILES string of the molecule is COc1ccc2c(c1)OC1(CCN(C[C@H](O)c3ccc4c(c3)CCC4)CC1)C[C@@H]2O. The zero-order chi connectivity index (χ0) is 20.7. The van der Waals surface area contributed by atoms with E-state index in [4.69, 9.17) is 9.47 Å². The maximum absolute atomic E-state index is 10.8. The lowest BCUT2D eigenvalue weighted by molar-refractivity contribution is -0.0588. The minimum absolute atomic E-state index is 0.339. The Morgan fingerprint density at radius 1 is 1.13 bits per heavy atom. The molecule has 0 unspecified atom stereocenters. The van der Waals surface area contributed by atoms with Gasteiger partial charge in [0.1, 0.15) is 17.1 Å². The quantitative estimate of drug-likeness (QED) is 0.808. The Hall–Kier alpha value is -2.08. The van der Waals surface area contributed by atoms with Gasteiger partial charge >= 0.3 is 0 Å². The normalized spacial score (nSPS) is 23.5. The highest BCUT2D eigenvalue weighted by molar-refractivity contribution is 5.44. The summed E-state index contributed by atoms with van der Waals surface area (Å²) in [5.41, 5.74) is 4.38. The van der Waals surface area contributed by atoms with E-state index in [1.165, 1.54) is 24.0 Å². The maximum atomic E-state index is 10.8. The molecule has 2 aromatic carbocycles. The predicted octanol–water partition coefficient (Wildman–Crippen LogP) is 3.57. The molecule has 5 heteroatoms. The second kappa shape index (κ2) is 7.88. The van der Waals surface area contributed by atoms with Crippen LogP contribution >= 0.6 is 0 Å². The number of methoxy groups -OCH3 is 1. The molecule has 0 radical (unpaired) electrons. The largest absolute Gasteiger partial charge is 0.497 e. The van der Waals surface area contributed by atoms with Gasteiger partial charge in [-0.05, 0) is 60.9 Å². The Balaban J connectivity index is 1.23. The predicted molar refractivity (Wildman–Crippen MR) is 115 cm³/mol. The van der Waals surface area contributed by atoms with Crippen LogP contribution in [0.4, 0.5) is 0 Å². The van der Waals surface area contributed by atoms with Crippen molar-refractivity contribution < 1.29 is 19.7 Å². The Kier molecular flexibility index (Phi) is 5.21. The Bertz CT molecular complexity index is 919. The number of aliphatic hydroxyl groups is 2. The third kappa shape index (κ3) is 3.70. The summed E-state index contributed by atoms with van der Waals surface area (Å²) in [7, 11) is 1.64. The molecule has 2 atom stereocenters. The number of likely N-dealkylation sites (tertiary alicyclic amines) is 1. The Labute approximate surface area is 178 Å². The Morgan fingerprint density at radius 2 is 1.93 bits per heavy atom. The number of β-amino-alcohol motifs (C(OH)–C–C–N with tert-alkyl or cyclic N) is 1. The number of rotatable bonds is 4. The third-order valence-corrected chi connectivity index (χ3v) is 7.18. The highest BCUT2D eigenvalue weighted by Gasteiger charge is 2.43. The van der Waals surface area contributed by atoms with Crippen LogP contribution in [-0.2, 0) is 12.8 Å². The van der Waals surface area contributed by atoms with E-state index in [2.05, 4.69) is 23.1 Å². The average molecular weight is 410 g/mol. The fraction of sp³-hybridized carbons (Fsp3) is 0.520. The van der Waals surface area contributed by atoms with Crippen LogP contribution in [0.1, 0.15) is 60.1 Å². The molecule has 0 amide bonds. The first-order valence-corrected chi connectivity index (χ1v) is 11.1. The molecule has 2 N–H and O–H groups in total. The summed E-state index contributed by atoms with van der Waals surface area (Å²) < 4.78 is 11.8. The van der Waals surface area contributed by atoms with Crippen LogP contribution < -0.4 is 9.47 Å². The minimum Gasteiger partial charge on any atom is -0.497 e. The number of aryl methyl sites for hydroxylation is 2. The fourth-order valence-electron chi connectivity index (χ4n) is 5.34. The molecule has 1 aliphatic carbocycles. The molecular weight excluding hydrogens is 378 g/mol. The third-order valence-electron chi connectivity index (χ3n) is 7.18.